The minimum Gasteiger partial charge on any atom is -0.467 e. The van der Waals surface area contributed by atoms with Crippen molar-refractivity contribution in [2.45, 2.75) is 32.2 Å². The average molecular weight is 410 g/mol. The second kappa shape index (κ2) is 8.61. The molecule has 0 spiro atoms. The van der Waals surface area contributed by atoms with Gasteiger partial charge in [-0.1, -0.05) is 0 Å². The predicted molar refractivity (Wildman–Crippen MR) is 112 cm³/mol. The predicted octanol–water partition coefficient (Wildman–Crippen LogP) is 2.36. The lowest BCUT2D eigenvalue weighted by atomic mass is 10.1. The highest BCUT2D eigenvalue weighted by atomic mass is 16.3. The summed E-state index contributed by atoms with van der Waals surface area (Å²) < 4.78 is 5.31. The summed E-state index contributed by atoms with van der Waals surface area (Å²) in [5.74, 6) is -0.625. The molecule has 8 nitrogen and oxygen atoms in total. The number of piperidine rings is 1. The van der Waals surface area contributed by atoms with Gasteiger partial charge in [-0.3, -0.25) is 14.4 Å². The highest BCUT2D eigenvalue weighted by Gasteiger charge is 2.35. The van der Waals surface area contributed by atoms with Gasteiger partial charge in [0.15, 0.2) is 0 Å². The lowest BCUT2D eigenvalue weighted by Crippen LogP contribution is -2.32. The van der Waals surface area contributed by atoms with Crippen LogP contribution in [0.4, 0.5) is 11.4 Å². The number of amides is 3. The van der Waals surface area contributed by atoms with Crippen LogP contribution in [0.2, 0.25) is 0 Å². The minimum atomic E-state index is -0.545. The molecular formula is C22H26N4O4. The molecule has 2 saturated heterocycles. The summed E-state index contributed by atoms with van der Waals surface area (Å²) in [6.45, 7) is 2.49. The number of nitrogens with two attached hydrogens (primary N) is 1. The summed E-state index contributed by atoms with van der Waals surface area (Å²) >= 11 is 0. The number of anilines is 2. The first-order valence-corrected chi connectivity index (χ1v) is 10.3. The van der Waals surface area contributed by atoms with Gasteiger partial charge in [0.1, 0.15) is 5.76 Å². The number of primary amides is 1. The van der Waals surface area contributed by atoms with Crippen LogP contribution < -0.4 is 16.0 Å². The van der Waals surface area contributed by atoms with Crippen LogP contribution in [0.1, 0.15) is 41.8 Å². The molecule has 4 rings (SSSR count). The summed E-state index contributed by atoms with van der Waals surface area (Å²) in [7, 11) is 0. The number of rotatable bonds is 6. The van der Waals surface area contributed by atoms with Crippen LogP contribution in [0, 0.1) is 5.92 Å². The van der Waals surface area contributed by atoms with Gasteiger partial charge in [-0.25, -0.2) is 0 Å². The summed E-state index contributed by atoms with van der Waals surface area (Å²) in [5, 5.41) is 2.95. The number of hydrogen-bond donors (Lipinski definition) is 2. The molecular weight excluding hydrogens is 384 g/mol. The third-order valence-corrected chi connectivity index (χ3v) is 5.75. The monoisotopic (exact) mass is 410 g/mol. The van der Waals surface area contributed by atoms with Crippen LogP contribution in [-0.4, -0.2) is 42.3 Å². The van der Waals surface area contributed by atoms with Gasteiger partial charge in [-0.15, -0.1) is 0 Å². The fourth-order valence-electron chi connectivity index (χ4n) is 4.13. The number of likely N-dealkylation sites (tertiary alicyclic amines) is 1. The van der Waals surface area contributed by atoms with Crippen molar-refractivity contribution in [3.05, 3.63) is 47.9 Å². The van der Waals surface area contributed by atoms with E-state index in [1.807, 2.05) is 6.07 Å². The van der Waals surface area contributed by atoms with Crippen LogP contribution in [0.25, 0.3) is 0 Å². The van der Waals surface area contributed by atoms with Crippen LogP contribution in [-0.2, 0) is 16.1 Å². The second-order valence-electron chi connectivity index (χ2n) is 7.89. The Kier molecular flexibility index (Phi) is 5.74. The molecule has 0 saturated carbocycles. The number of benzene rings is 1. The molecule has 3 heterocycles. The smallest absolute Gasteiger partial charge is 0.248 e. The lowest BCUT2D eigenvalue weighted by molar-refractivity contribution is -0.128. The molecule has 2 aromatic rings. The Morgan fingerprint density at radius 1 is 1.17 bits per heavy atom. The molecule has 2 aliphatic heterocycles. The number of hydrogen-bond acceptors (Lipinski definition) is 5. The zero-order valence-electron chi connectivity index (χ0n) is 16.8. The maximum absolute atomic E-state index is 13.0. The maximum atomic E-state index is 13.0. The maximum Gasteiger partial charge on any atom is 0.248 e. The lowest BCUT2D eigenvalue weighted by Gasteiger charge is -2.31. The first kappa shape index (κ1) is 20.0. The van der Waals surface area contributed by atoms with Crippen molar-refractivity contribution in [3.8, 4) is 0 Å². The normalized spacial score (nSPS) is 19.2. The van der Waals surface area contributed by atoms with Crippen molar-refractivity contribution in [2.75, 3.05) is 29.9 Å². The zero-order valence-corrected chi connectivity index (χ0v) is 16.8. The van der Waals surface area contributed by atoms with Crippen molar-refractivity contribution in [1.82, 2.24) is 4.90 Å². The van der Waals surface area contributed by atoms with E-state index in [9.17, 15) is 14.4 Å². The van der Waals surface area contributed by atoms with Crippen molar-refractivity contribution in [3.63, 3.8) is 0 Å². The standard InChI is InChI=1S/C22H26N4O4/c23-21(28)15-6-7-19(25-8-2-1-3-9-25)18(11-15)24-22(29)16-12-20(27)26(13-16)14-17-5-4-10-30-17/h4-7,10-11,16H,1-3,8-9,12-14H2,(H2,23,28)(H,24,29). The fraction of sp³-hybridized carbons (Fsp3) is 0.409. The first-order chi connectivity index (χ1) is 14.5. The molecule has 1 aromatic carbocycles. The van der Waals surface area contributed by atoms with E-state index >= 15 is 0 Å². The molecule has 0 bridgehead atoms. The van der Waals surface area contributed by atoms with Gasteiger partial charge in [0.2, 0.25) is 17.7 Å². The molecule has 3 amide bonds. The van der Waals surface area contributed by atoms with E-state index in [4.69, 9.17) is 10.2 Å². The van der Waals surface area contributed by atoms with E-state index in [2.05, 4.69) is 10.2 Å². The zero-order chi connectivity index (χ0) is 21.1. The van der Waals surface area contributed by atoms with E-state index in [0.29, 0.717) is 30.1 Å². The number of furan rings is 1. The van der Waals surface area contributed by atoms with Gasteiger partial charge >= 0.3 is 0 Å². The van der Waals surface area contributed by atoms with E-state index in [-0.39, 0.29) is 18.2 Å². The molecule has 1 aromatic heterocycles. The van der Waals surface area contributed by atoms with Crippen LogP contribution in [0.5, 0.6) is 0 Å². The van der Waals surface area contributed by atoms with E-state index < -0.39 is 11.8 Å². The van der Waals surface area contributed by atoms with Crippen molar-refractivity contribution < 1.29 is 18.8 Å². The molecule has 8 heteroatoms. The van der Waals surface area contributed by atoms with Crippen LogP contribution >= 0.6 is 0 Å². The molecule has 158 valence electrons. The second-order valence-corrected chi connectivity index (χ2v) is 7.89. The number of nitrogens with zero attached hydrogens (tertiary/aromatic N) is 2. The Labute approximate surface area is 175 Å². The number of carbonyl (C=O) groups is 3. The van der Waals surface area contributed by atoms with Crippen LogP contribution in [0.3, 0.4) is 0 Å². The van der Waals surface area contributed by atoms with Crippen molar-refractivity contribution >= 4 is 29.1 Å². The van der Waals surface area contributed by atoms with Gasteiger partial charge in [0.25, 0.3) is 0 Å². The minimum absolute atomic E-state index is 0.0753. The number of carbonyl (C=O) groups excluding carboxylic acids is 3. The third-order valence-electron chi connectivity index (χ3n) is 5.75. The molecule has 30 heavy (non-hydrogen) atoms. The highest BCUT2D eigenvalue weighted by molar-refractivity contribution is 6.01. The van der Waals surface area contributed by atoms with Gasteiger partial charge in [-0.2, -0.15) is 0 Å². The SMILES string of the molecule is NC(=O)c1ccc(N2CCCCC2)c(NC(=O)C2CC(=O)N(Cc3ccco3)C2)c1. The molecule has 2 fully saturated rings. The van der Waals surface area contributed by atoms with Gasteiger partial charge in [0.05, 0.1) is 30.1 Å². The Morgan fingerprint density at radius 3 is 2.67 bits per heavy atom. The Bertz CT molecular complexity index is 935. The Morgan fingerprint density at radius 2 is 1.97 bits per heavy atom. The van der Waals surface area contributed by atoms with Crippen molar-refractivity contribution in [2.24, 2.45) is 11.7 Å². The average Bonchev–Trinajstić information content (AvgIpc) is 3.39. The van der Waals surface area contributed by atoms with Gasteiger partial charge in [0, 0.05) is 31.6 Å². The third kappa shape index (κ3) is 4.32. The molecule has 1 atom stereocenters. The summed E-state index contributed by atoms with van der Waals surface area (Å²) in [4.78, 5) is 40.8. The highest BCUT2D eigenvalue weighted by Crippen LogP contribution is 2.31. The largest absolute Gasteiger partial charge is 0.467 e. The van der Waals surface area contributed by atoms with E-state index in [1.165, 1.54) is 6.42 Å². The van der Waals surface area contributed by atoms with Crippen molar-refractivity contribution in [1.29, 1.82) is 0 Å². The van der Waals surface area contributed by atoms with Crippen LogP contribution in [0.15, 0.2) is 41.0 Å². The van der Waals surface area contributed by atoms with Gasteiger partial charge in [-0.05, 0) is 49.6 Å². The Hall–Kier alpha value is -3.29. The molecule has 1 unspecified atom stereocenters. The quantitative estimate of drug-likeness (QED) is 0.760. The molecule has 0 aliphatic carbocycles. The fourth-order valence-corrected chi connectivity index (χ4v) is 4.13. The summed E-state index contributed by atoms with van der Waals surface area (Å²) in [6.07, 6.45) is 5.08. The van der Waals surface area contributed by atoms with E-state index in [0.717, 1.165) is 31.6 Å². The molecule has 0 radical (unpaired) electrons. The summed E-state index contributed by atoms with van der Waals surface area (Å²) in [6, 6.07) is 8.73. The number of nitrogens with one attached hydrogen (secondary N) is 1. The summed E-state index contributed by atoms with van der Waals surface area (Å²) in [5.41, 5.74) is 7.22. The first-order valence-electron chi connectivity index (χ1n) is 10.3. The molecule has 2 aliphatic rings. The Balaban J connectivity index is 1.49. The van der Waals surface area contributed by atoms with Gasteiger partial charge < -0.3 is 25.3 Å². The topological polar surface area (TPSA) is 109 Å². The van der Waals surface area contributed by atoms with E-state index in [1.54, 1.807) is 35.4 Å². The molecule has 3 N–H and O–H groups in total.